The van der Waals surface area contributed by atoms with Crippen molar-refractivity contribution < 1.29 is 14.3 Å². The molecular formula is C18H19ClN2O3S. The number of primary amides is 1. The summed E-state index contributed by atoms with van der Waals surface area (Å²) in [6, 6.07) is 7.11. The van der Waals surface area contributed by atoms with Gasteiger partial charge in [-0.1, -0.05) is 35.5 Å². The van der Waals surface area contributed by atoms with Crippen LogP contribution < -0.4 is 5.73 Å². The van der Waals surface area contributed by atoms with E-state index in [9.17, 15) is 9.59 Å². The van der Waals surface area contributed by atoms with Crippen LogP contribution in [-0.2, 0) is 16.1 Å². The molecule has 0 aliphatic heterocycles. The standard InChI is InChI=1S/C18H19ClN2O3S/c1-10-11(2)16(17(20)23)18(21-12(10)3)25-9-15(22)24-8-13-5-4-6-14(19)7-13/h4-7H,8-9H2,1-3H3,(H2,20,23). The summed E-state index contributed by atoms with van der Waals surface area (Å²) in [6.45, 7) is 5.71. The number of nitrogens with zero attached hydrogens (tertiary/aromatic N) is 1. The number of aromatic nitrogens is 1. The highest BCUT2D eigenvalue weighted by Crippen LogP contribution is 2.27. The molecule has 2 aromatic rings. The molecule has 1 aromatic carbocycles. The first-order valence-electron chi connectivity index (χ1n) is 7.60. The number of amides is 1. The van der Waals surface area contributed by atoms with Crippen LogP contribution in [0.3, 0.4) is 0 Å². The van der Waals surface area contributed by atoms with Gasteiger partial charge in [-0.2, -0.15) is 0 Å². The Morgan fingerprint density at radius 3 is 2.60 bits per heavy atom. The van der Waals surface area contributed by atoms with Gasteiger partial charge in [0.25, 0.3) is 5.91 Å². The second-order valence-corrected chi connectivity index (χ2v) is 6.97. The molecule has 1 amide bonds. The largest absolute Gasteiger partial charge is 0.460 e. The first kappa shape index (κ1) is 19.3. The highest BCUT2D eigenvalue weighted by Gasteiger charge is 2.18. The first-order valence-corrected chi connectivity index (χ1v) is 8.96. The Kier molecular flexibility index (Phi) is 6.45. The van der Waals surface area contributed by atoms with E-state index in [4.69, 9.17) is 22.1 Å². The van der Waals surface area contributed by atoms with Crippen molar-refractivity contribution in [1.82, 2.24) is 4.98 Å². The minimum absolute atomic E-state index is 0.0375. The molecule has 0 unspecified atom stereocenters. The van der Waals surface area contributed by atoms with Crippen LogP contribution in [0.25, 0.3) is 0 Å². The number of halogens is 1. The Labute approximate surface area is 155 Å². The molecule has 0 saturated carbocycles. The Hall–Kier alpha value is -2.05. The van der Waals surface area contributed by atoms with Crippen LogP contribution in [0.15, 0.2) is 29.3 Å². The number of carbonyl (C=O) groups excluding carboxylic acids is 2. The quantitative estimate of drug-likeness (QED) is 0.613. The monoisotopic (exact) mass is 378 g/mol. The van der Waals surface area contributed by atoms with Gasteiger partial charge in [0.15, 0.2) is 0 Å². The summed E-state index contributed by atoms with van der Waals surface area (Å²) >= 11 is 7.04. The normalized spacial score (nSPS) is 10.6. The second kappa shape index (κ2) is 8.36. The SMILES string of the molecule is Cc1nc(SCC(=O)OCc2cccc(Cl)c2)c(C(N)=O)c(C)c1C. The lowest BCUT2D eigenvalue weighted by Crippen LogP contribution is -2.17. The maximum Gasteiger partial charge on any atom is 0.316 e. The molecular weight excluding hydrogens is 360 g/mol. The maximum absolute atomic E-state index is 12.0. The molecule has 7 heteroatoms. The zero-order valence-corrected chi connectivity index (χ0v) is 15.8. The fraction of sp³-hybridized carbons (Fsp3) is 0.278. The summed E-state index contributed by atoms with van der Waals surface area (Å²) in [7, 11) is 0. The Balaban J connectivity index is 2.03. The topological polar surface area (TPSA) is 82.3 Å². The number of esters is 1. The number of ether oxygens (including phenoxy) is 1. The van der Waals surface area contributed by atoms with Crippen LogP contribution >= 0.6 is 23.4 Å². The summed E-state index contributed by atoms with van der Waals surface area (Å²) in [5.41, 5.74) is 9.14. The lowest BCUT2D eigenvalue weighted by Gasteiger charge is -2.13. The minimum Gasteiger partial charge on any atom is -0.460 e. The first-order chi connectivity index (χ1) is 11.8. The average Bonchev–Trinajstić information content (AvgIpc) is 2.55. The van der Waals surface area contributed by atoms with Gasteiger partial charge in [-0.25, -0.2) is 4.98 Å². The third kappa shape index (κ3) is 4.96. The molecule has 0 atom stereocenters. The third-order valence-corrected chi connectivity index (χ3v) is 5.01. The molecule has 0 radical (unpaired) electrons. The van der Waals surface area contributed by atoms with Crippen molar-refractivity contribution in [2.75, 3.05) is 5.75 Å². The molecule has 1 heterocycles. The molecule has 2 rings (SSSR count). The summed E-state index contributed by atoms with van der Waals surface area (Å²) < 4.78 is 5.23. The van der Waals surface area contributed by atoms with E-state index in [1.165, 1.54) is 0 Å². The van der Waals surface area contributed by atoms with Crippen LogP contribution in [0.5, 0.6) is 0 Å². The van der Waals surface area contributed by atoms with Crippen molar-refractivity contribution in [2.45, 2.75) is 32.4 Å². The van der Waals surface area contributed by atoms with Crippen molar-refractivity contribution in [3.63, 3.8) is 0 Å². The molecule has 0 saturated heterocycles. The van der Waals surface area contributed by atoms with E-state index < -0.39 is 11.9 Å². The molecule has 0 bridgehead atoms. The minimum atomic E-state index is -0.553. The summed E-state index contributed by atoms with van der Waals surface area (Å²) in [4.78, 5) is 28.1. The molecule has 0 spiro atoms. The number of hydrogen-bond donors (Lipinski definition) is 1. The van der Waals surface area contributed by atoms with E-state index in [1.807, 2.05) is 26.8 Å². The van der Waals surface area contributed by atoms with Crippen molar-refractivity contribution >= 4 is 35.2 Å². The van der Waals surface area contributed by atoms with Gasteiger partial charge in [-0.3, -0.25) is 9.59 Å². The van der Waals surface area contributed by atoms with E-state index >= 15 is 0 Å². The molecule has 0 aliphatic rings. The third-order valence-electron chi connectivity index (χ3n) is 3.83. The maximum atomic E-state index is 12.0. The van der Waals surface area contributed by atoms with Crippen molar-refractivity contribution in [2.24, 2.45) is 5.73 Å². The number of hydrogen-bond acceptors (Lipinski definition) is 5. The molecule has 132 valence electrons. The molecule has 5 nitrogen and oxygen atoms in total. The summed E-state index contributed by atoms with van der Waals surface area (Å²) in [6.07, 6.45) is 0. The van der Waals surface area contributed by atoms with E-state index in [0.29, 0.717) is 15.6 Å². The molecule has 1 aromatic heterocycles. The number of rotatable bonds is 6. The average molecular weight is 379 g/mol. The lowest BCUT2D eigenvalue weighted by molar-refractivity contribution is -0.141. The number of aryl methyl sites for hydroxylation is 1. The van der Waals surface area contributed by atoms with Crippen LogP contribution in [0.4, 0.5) is 0 Å². The lowest BCUT2D eigenvalue weighted by atomic mass is 10.0. The van der Waals surface area contributed by atoms with Crippen LogP contribution in [0.1, 0.15) is 32.7 Å². The Bertz CT molecular complexity index is 824. The fourth-order valence-corrected chi connectivity index (χ4v) is 3.42. The van der Waals surface area contributed by atoms with Crippen LogP contribution in [-0.4, -0.2) is 22.6 Å². The van der Waals surface area contributed by atoms with Crippen LogP contribution in [0, 0.1) is 20.8 Å². The highest BCUT2D eigenvalue weighted by atomic mass is 35.5. The number of thioether (sulfide) groups is 1. The van der Waals surface area contributed by atoms with Gasteiger partial charge in [0.1, 0.15) is 11.6 Å². The van der Waals surface area contributed by atoms with E-state index in [-0.39, 0.29) is 12.4 Å². The number of nitrogens with two attached hydrogens (primary N) is 1. The van der Waals surface area contributed by atoms with Gasteiger partial charge >= 0.3 is 5.97 Å². The number of benzene rings is 1. The van der Waals surface area contributed by atoms with Crippen molar-refractivity contribution in [3.05, 3.63) is 57.2 Å². The predicted molar refractivity (Wildman–Crippen MR) is 98.9 cm³/mol. The Morgan fingerprint density at radius 2 is 1.96 bits per heavy atom. The molecule has 25 heavy (non-hydrogen) atoms. The zero-order valence-electron chi connectivity index (χ0n) is 14.3. The van der Waals surface area contributed by atoms with Crippen molar-refractivity contribution in [1.29, 1.82) is 0 Å². The van der Waals surface area contributed by atoms with Crippen molar-refractivity contribution in [3.8, 4) is 0 Å². The second-order valence-electron chi connectivity index (χ2n) is 5.57. The van der Waals surface area contributed by atoms with E-state index in [2.05, 4.69) is 4.98 Å². The van der Waals surface area contributed by atoms with Gasteiger partial charge in [-0.05, 0) is 49.6 Å². The summed E-state index contributed by atoms with van der Waals surface area (Å²) in [5, 5.41) is 1.04. The number of pyridine rings is 1. The zero-order chi connectivity index (χ0) is 18.6. The molecule has 2 N–H and O–H groups in total. The Morgan fingerprint density at radius 1 is 1.24 bits per heavy atom. The van der Waals surface area contributed by atoms with Gasteiger partial charge in [0, 0.05) is 10.7 Å². The smallest absolute Gasteiger partial charge is 0.316 e. The van der Waals surface area contributed by atoms with E-state index in [1.54, 1.807) is 18.2 Å². The predicted octanol–water partition coefficient (Wildman–Crippen LogP) is 3.59. The van der Waals surface area contributed by atoms with Gasteiger partial charge in [0.2, 0.25) is 0 Å². The van der Waals surface area contributed by atoms with Crippen LogP contribution in [0.2, 0.25) is 5.02 Å². The van der Waals surface area contributed by atoms with Gasteiger partial charge < -0.3 is 10.5 Å². The molecule has 0 fully saturated rings. The van der Waals surface area contributed by atoms with Gasteiger partial charge in [0.05, 0.1) is 11.3 Å². The van der Waals surface area contributed by atoms with Gasteiger partial charge in [-0.15, -0.1) is 0 Å². The highest BCUT2D eigenvalue weighted by molar-refractivity contribution is 8.00. The fourth-order valence-electron chi connectivity index (χ4n) is 2.27. The number of carbonyl (C=O) groups is 2. The van der Waals surface area contributed by atoms with E-state index in [0.717, 1.165) is 34.1 Å². The molecule has 0 aliphatic carbocycles. The summed E-state index contributed by atoms with van der Waals surface area (Å²) in [5.74, 6) is -0.920.